The van der Waals surface area contributed by atoms with Gasteiger partial charge in [-0.1, -0.05) is 0 Å². The first-order valence-corrected chi connectivity index (χ1v) is 6.28. The Labute approximate surface area is 119 Å². The minimum atomic E-state index is -4.50. The molecule has 0 fully saturated rings. The summed E-state index contributed by atoms with van der Waals surface area (Å²) in [6.45, 7) is 4.42. The van der Waals surface area contributed by atoms with Gasteiger partial charge in [-0.3, -0.25) is 4.68 Å². The Kier molecular flexibility index (Phi) is 4.01. The summed E-state index contributed by atoms with van der Waals surface area (Å²) < 4.78 is 40.0. The van der Waals surface area contributed by atoms with E-state index in [1.165, 1.54) is 7.05 Å². The normalized spacial score (nSPS) is 11.5. The van der Waals surface area contributed by atoms with Gasteiger partial charge >= 0.3 is 6.18 Å². The van der Waals surface area contributed by atoms with Crippen LogP contribution in [0.1, 0.15) is 18.2 Å². The van der Waals surface area contributed by atoms with E-state index >= 15 is 0 Å². The summed E-state index contributed by atoms with van der Waals surface area (Å²) in [6, 6.07) is 0. The first kappa shape index (κ1) is 15.1. The molecule has 0 aliphatic heterocycles. The molecule has 0 aliphatic rings. The Hall–Kier alpha value is -2.32. The van der Waals surface area contributed by atoms with Crippen molar-refractivity contribution in [1.29, 1.82) is 0 Å². The Morgan fingerprint density at radius 2 is 2.05 bits per heavy atom. The fourth-order valence-electron chi connectivity index (χ4n) is 1.76. The lowest BCUT2D eigenvalue weighted by Gasteiger charge is -2.12. The Morgan fingerprint density at radius 3 is 2.57 bits per heavy atom. The summed E-state index contributed by atoms with van der Waals surface area (Å²) in [6.07, 6.45) is -2.00. The number of aryl methyl sites for hydroxylation is 2. The van der Waals surface area contributed by atoms with Crippen molar-refractivity contribution >= 4 is 17.5 Å². The van der Waals surface area contributed by atoms with E-state index in [0.717, 1.165) is 6.20 Å². The van der Waals surface area contributed by atoms with Crippen LogP contribution in [-0.4, -0.2) is 26.8 Å². The summed E-state index contributed by atoms with van der Waals surface area (Å²) in [4.78, 5) is 7.54. The van der Waals surface area contributed by atoms with Gasteiger partial charge < -0.3 is 10.6 Å². The van der Waals surface area contributed by atoms with Crippen molar-refractivity contribution in [1.82, 2.24) is 19.7 Å². The van der Waals surface area contributed by atoms with Gasteiger partial charge in [0, 0.05) is 26.0 Å². The maximum atomic E-state index is 12.8. The second-order valence-corrected chi connectivity index (χ2v) is 4.31. The largest absolute Gasteiger partial charge is 0.421 e. The third-order valence-corrected chi connectivity index (χ3v) is 2.85. The SMILES string of the molecule is CCn1cc(Nc2ncc(C(F)(F)F)c(NC)n2)c(C)n1. The number of rotatable bonds is 4. The van der Waals surface area contributed by atoms with Gasteiger partial charge in [-0.15, -0.1) is 0 Å². The standard InChI is InChI=1S/C12H15F3N6/c1-4-21-6-9(7(2)20-21)18-11-17-5-8(12(13,14)15)10(16-3)19-11/h5-6H,4H2,1-3H3,(H2,16,17,18,19). The number of aromatic nitrogens is 4. The molecule has 0 radical (unpaired) electrons. The Bertz CT molecular complexity index is 634. The molecule has 0 saturated carbocycles. The van der Waals surface area contributed by atoms with E-state index in [1.807, 2.05) is 6.92 Å². The molecule has 2 N–H and O–H groups in total. The zero-order valence-electron chi connectivity index (χ0n) is 11.8. The summed E-state index contributed by atoms with van der Waals surface area (Å²) in [7, 11) is 1.38. The molecule has 9 heteroatoms. The molecule has 2 aromatic rings. The highest BCUT2D eigenvalue weighted by molar-refractivity contribution is 5.57. The van der Waals surface area contributed by atoms with E-state index in [4.69, 9.17) is 0 Å². The van der Waals surface area contributed by atoms with Crippen LogP contribution in [0.5, 0.6) is 0 Å². The van der Waals surface area contributed by atoms with E-state index in [2.05, 4.69) is 25.7 Å². The average molecular weight is 300 g/mol. The van der Waals surface area contributed by atoms with Crippen molar-refractivity contribution in [2.75, 3.05) is 17.7 Å². The molecule has 0 aliphatic carbocycles. The van der Waals surface area contributed by atoms with Crippen molar-refractivity contribution in [2.24, 2.45) is 0 Å². The molecule has 0 spiro atoms. The molecule has 0 atom stereocenters. The minimum absolute atomic E-state index is 0.0751. The number of hydrogen-bond donors (Lipinski definition) is 2. The van der Waals surface area contributed by atoms with Crippen molar-refractivity contribution in [3.05, 3.63) is 23.7 Å². The van der Waals surface area contributed by atoms with Crippen LogP contribution in [0.25, 0.3) is 0 Å². The van der Waals surface area contributed by atoms with Crippen LogP contribution in [0.2, 0.25) is 0 Å². The molecule has 0 aromatic carbocycles. The van der Waals surface area contributed by atoms with E-state index in [-0.39, 0.29) is 11.8 Å². The predicted molar refractivity (Wildman–Crippen MR) is 72.5 cm³/mol. The summed E-state index contributed by atoms with van der Waals surface area (Å²) in [5, 5.41) is 9.52. The van der Waals surface area contributed by atoms with Gasteiger partial charge in [0.25, 0.3) is 0 Å². The third kappa shape index (κ3) is 3.23. The van der Waals surface area contributed by atoms with Crippen LogP contribution >= 0.6 is 0 Å². The number of anilines is 3. The molecule has 0 unspecified atom stereocenters. The van der Waals surface area contributed by atoms with Crippen molar-refractivity contribution in [3.8, 4) is 0 Å². The van der Waals surface area contributed by atoms with Crippen LogP contribution in [0, 0.1) is 6.92 Å². The molecule has 2 heterocycles. The number of halogens is 3. The highest BCUT2D eigenvalue weighted by atomic mass is 19.4. The molecule has 2 aromatic heterocycles. The summed E-state index contributed by atoms with van der Waals surface area (Å²) in [5.41, 5.74) is 0.460. The number of alkyl halides is 3. The van der Waals surface area contributed by atoms with Gasteiger partial charge in [-0.05, 0) is 13.8 Å². The monoisotopic (exact) mass is 300 g/mol. The average Bonchev–Trinajstić information content (AvgIpc) is 2.78. The molecule has 6 nitrogen and oxygen atoms in total. The minimum Gasteiger partial charge on any atom is -0.372 e. The molecule has 114 valence electrons. The lowest BCUT2D eigenvalue weighted by molar-refractivity contribution is -0.137. The maximum absolute atomic E-state index is 12.8. The zero-order valence-corrected chi connectivity index (χ0v) is 11.8. The number of hydrogen-bond acceptors (Lipinski definition) is 5. The van der Waals surface area contributed by atoms with E-state index in [9.17, 15) is 13.2 Å². The first-order valence-electron chi connectivity index (χ1n) is 6.28. The molecular formula is C12H15F3N6. The van der Waals surface area contributed by atoms with Crippen molar-refractivity contribution in [2.45, 2.75) is 26.6 Å². The second-order valence-electron chi connectivity index (χ2n) is 4.31. The van der Waals surface area contributed by atoms with Crippen LogP contribution in [0.15, 0.2) is 12.4 Å². The first-order chi connectivity index (χ1) is 9.85. The molecular weight excluding hydrogens is 285 g/mol. The fourth-order valence-corrected chi connectivity index (χ4v) is 1.76. The van der Waals surface area contributed by atoms with Crippen molar-refractivity contribution < 1.29 is 13.2 Å². The second kappa shape index (κ2) is 5.58. The molecule has 2 rings (SSSR count). The van der Waals surface area contributed by atoms with Gasteiger partial charge in [0.1, 0.15) is 11.4 Å². The van der Waals surface area contributed by atoms with Gasteiger partial charge in [0.05, 0.1) is 11.4 Å². The van der Waals surface area contributed by atoms with Crippen molar-refractivity contribution in [3.63, 3.8) is 0 Å². The Balaban J connectivity index is 2.31. The summed E-state index contributed by atoms with van der Waals surface area (Å²) in [5.74, 6) is -0.202. The molecule has 0 bridgehead atoms. The lowest BCUT2D eigenvalue weighted by atomic mass is 10.3. The van der Waals surface area contributed by atoms with Crippen LogP contribution in [0.4, 0.5) is 30.6 Å². The van der Waals surface area contributed by atoms with Gasteiger partial charge in [0.2, 0.25) is 5.95 Å². The highest BCUT2D eigenvalue weighted by Gasteiger charge is 2.35. The number of nitrogens with zero attached hydrogens (tertiary/aromatic N) is 4. The van der Waals surface area contributed by atoms with Gasteiger partial charge in [-0.2, -0.15) is 23.3 Å². The third-order valence-electron chi connectivity index (χ3n) is 2.85. The maximum Gasteiger partial charge on any atom is 0.421 e. The summed E-state index contributed by atoms with van der Waals surface area (Å²) >= 11 is 0. The van der Waals surface area contributed by atoms with E-state index < -0.39 is 11.7 Å². The van der Waals surface area contributed by atoms with Crippen LogP contribution in [0.3, 0.4) is 0 Å². The van der Waals surface area contributed by atoms with Gasteiger partial charge in [-0.25, -0.2) is 4.98 Å². The van der Waals surface area contributed by atoms with E-state index in [1.54, 1.807) is 17.8 Å². The van der Waals surface area contributed by atoms with Crippen LogP contribution in [-0.2, 0) is 12.7 Å². The smallest absolute Gasteiger partial charge is 0.372 e. The quantitative estimate of drug-likeness (QED) is 0.909. The molecule has 0 saturated heterocycles. The molecule has 21 heavy (non-hydrogen) atoms. The fraction of sp³-hybridized carbons (Fsp3) is 0.417. The predicted octanol–water partition coefficient (Wildman–Crippen LogP) is 2.81. The molecule has 0 amide bonds. The van der Waals surface area contributed by atoms with Crippen LogP contribution < -0.4 is 10.6 Å². The lowest BCUT2D eigenvalue weighted by Crippen LogP contribution is -2.12. The topological polar surface area (TPSA) is 67.7 Å². The van der Waals surface area contributed by atoms with E-state index in [0.29, 0.717) is 17.9 Å². The highest BCUT2D eigenvalue weighted by Crippen LogP contribution is 2.33. The zero-order chi connectivity index (χ0) is 15.6. The Morgan fingerprint density at radius 1 is 1.33 bits per heavy atom. The van der Waals surface area contributed by atoms with Gasteiger partial charge in [0.15, 0.2) is 0 Å². The number of nitrogens with one attached hydrogen (secondary N) is 2.